The second-order valence-electron chi connectivity index (χ2n) is 7.41. The molecule has 0 bridgehead atoms. The Labute approximate surface area is 161 Å². The predicted molar refractivity (Wildman–Crippen MR) is 107 cm³/mol. The molecule has 27 heavy (non-hydrogen) atoms. The molecule has 142 valence electrons. The van der Waals surface area contributed by atoms with Gasteiger partial charge in [-0.25, -0.2) is 0 Å². The summed E-state index contributed by atoms with van der Waals surface area (Å²) in [4.78, 5) is 29.6. The summed E-state index contributed by atoms with van der Waals surface area (Å²) in [5.74, 6) is -0.0217. The summed E-state index contributed by atoms with van der Waals surface area (Å²) in [5.41, 5.74) is 2.01. The summed E-state index contributed by atoms with van der Waals surface area (Å²) in [6, 6.07) is 19.9. The molecule has 3 rings (SSSR count). The fourth-order valence-electron chi connectivity index (χ4n) is 3.67. The molecule has 0 saturated carbocycles. The van der Waals surface area contributed by atoms with E-state index in [-0.39, 0.29) is 23.7 Å². The first-order valence-electron chi connectivity index (χ1n) is 9.75. The van der Waals surface area contributed by atoms with Crippen molar-refractivity contribution in [2.45, 2.75) is 26.2 Å². The zero-order valence-corrected chi connectivity index (χ0v) is 16.2. The van der Waals surface area contributed by atoms with Gasteiger partial charge in [0.15, 0.2) is 0 Å². The van der Waals surface area contributed by atoms with Gasteiger partial charge >= 0.3 is 0 Å². The smallest absolute Gasteiger partial charge is 0.234 e. The van der Waals surface area contributed by atoms with Gasteiger partial charge in [-0.15, -0.1) is 0 Å². The van der Waals surface area contributed by atoms with Gasteiger partial charge in [0, 0.05) is 32.1 Å². The van der Waals surface area contributed by atoms with Crippen LogP contribution in [0.15, 0.2) is 60.7 Å². The molecule has 0 unspecified atom stereocenters. The molecule has 0 aromatic heterocycles. The van der Waals surface area contributed by atoms with Crippen LogP contribution in [0.3, 0.4) is 0 Å². The second kappa shape index (κ2) is 8.85. The number of carbonyl (C=O) groups is 2. The number of carbonyl (C=O) groups excluding carboxylic acids is 2. The van der Waals surface area contributed by atoms with Crippen LogP contribution in [0.25, 0.3) is 0 Å². The van der Waals surface area contributed by atoms with E-state index in [0.29, 0.717) is 19.6 Å². The van der Waals surface area contributed by atoms with Crippen LogP contribution < -0.4 is 0 Å². The molecule has 1 aliphatic heterocycles. The van der Waals surface area contributed by atoms with Gasteiger partial charge in [-0.3, -0.25) is 9.59 Å². The van der Waals surface area contributed by atoms with Crippen LogP contribution in [0.2, 0.25) is 0 Å². The molecule has 0 spiro atoms. The van der Waals surface area contributed by atoms with Crippen molar-refractivity contribution >= 4 is 11.8 Å². The van der Waals surface area contributed by atoms with E-state index in [1.165, 1.54) is 0 Å². The van der Waals surface area contributed by atoms with E-state index in [1.54, 1.807) is 0 Å². The topological polar surface area (TPSA) is 40.6 Å². The molecular formula is C23H28N2O2. The average Bonchev–Trinajstić information content (AvgIpc) is 2.95. The average molecular weight is 364 g/mol. The van der Waals surface area contributed by atoms with Crippen molar-refractivity contribution in [2.24, 2.45) is 5.92 Å². The van der Waals surface area contributed by atoms with Crippen LogP contribution in [-0.2, 0) is 9.59 Å². The van der Waals surface area contributed by atoms with Crippen molar-refractivity contribution in [1.29, 1.82) is 0 Å². The summed E-state index contributed by atoms with van der Waals surface area (Å²) in [5, 5.41) is 0. The van der Waals surface area contributed by atoms with Gasteiger partial charge in [0.1, 0.15) is 0 Å². The monoisotopic (exact) mass is 364 g/mol. The molecule has 2 amide bonds. The Morgan fingerprint density at radius 1 is 0.704 bits per heavy atom. The molecule has 0 atom stereocenters. The molecule has 1 aliphatic rings. The number of rotatable bonds is 4. The normalized spacial score (nSPS) is 15.1. The minimum absolute atomic E-state index is 0.00589. The zero-order chi connectivity index (χ0) is 19.2. The van der Waals surface area contributed by atoms with Crippen LogP contribution in [0.1, 0.15) is 37.3 Å². The quantitative estimate of drug-likeness (QED) is 0.833. The molecule has 4 heteroatoms. The lowest BCUT2D eigenvalue weighted by molar-refractivity contribution is -0.135. The largest absolute Gasteiger partial charge is 0.341 e. The highest BCUT2D eigenvalue weighted by molar-refractivity contribution is 5.87. The lowest BCUT2D eigenvalue weighted by Gasteiger charge is -2.27. The maximum atomic E-state index is 13.5. The predicted octanol–water partition coefficient (Wildman–Crippen LogP) is 3.54. The number of hydrogen-bond donors (Lipinski definition) is 0. The van der Waals surface area contributed by atoms with Crippen molar-refractivity contribution in [3.05, 3.63) is 71.8 Å². The van der Waals surface area contributed by atoms with Crippen LogP contribution in [0.5, 0.6) is 0 Å². The highest BCUT2D eigenvalue weighted by Gasteiger charge is 2.29. The van der Waals surface area contributed by atoms with E-state index in [0.717, 1.165) is 24.1 Å². The van der Waals surface area contributed by atoms with E-state index in [9.17, 15) is 9.59 Å². The third kappa shape index (κ3) is 4.57. The summed E-state index contributed by atoms with van der Waals surface area (Å²) in [6.07, 6.45) is 0.820. The van der Waals surface area contributed by atoms with Crippen molar-refractivity contribution in [1.82, 2.24) is 9.80 Å². The Balaban J connectivity index is 1.81. The lowest BCUT2D eigenvalue weighted by Crippen LogP contribution is -2.40. The molecule has 2 aromatic carbocycles. The van der Waals surface area contributed by atoms with E-state index in [1.807, 2.05) is 84.3 Å². The van der Waals surface area contributed by atoms with Crippen molar-refractivity contribution in [3.63, 3.8) is 0 Å². The van der Waals surface area contributed by atoms with Gasteiger partial charge in [-0.05, 0) is 17.5 Å². The molecule has 2 aromatic rings. The highest BCUT2D eigenvalue weighted by Crippen LogP contribution is 2.27. The van der Waals surface area contributed by atoms with E-state index in [4.69, 9.17) is 0 Å². The first-order chi connectivity index (χ1) is 13.1. The van der Waals surface area contributed by atoms with E-state index >= 15 is 0 Å². The van der Waals surface area contributed by atoms with Crippen molar-refractivity contribution in [3.8, 4) is 0 Å². The summed E-state index contributed by atoms with van der Waals surface area (Å²) >= 11 is 0. The van der Waals surface area contributed by atoms with Gasteiger partial charge in [0.25, 0.3) is 0 Å². The SMILES string of the molecule is CC(C)C(=O)N1CCCN(C(=O)C(c2ccccc2)c2ccccc2)CC1. The Kier molecular flexibility index (Phi) is 6.28. The minimum atomic E-state index is -0.306. The van der Waals surface area contributed by atoms with Gasteiger partial charge in [0.05, 0.1) is 5.92 Å². The highest BCUT2D eigenvalue weighted by atomic mass is 16.2. The van der Waals surface area contributed by atoms with Crippen molar-refractivity contribution < 1.29 is 9.59 Å². The zero-order valence-electron chi connectivity index (χ0n) is 16.2. The lowest BCUT2D eigenvalue weighted by atomic mass is 9.90. The summed E-state index contributed by atoms with van der Waals surface area (Å²) < 4.78 is 0. The summed E-state index contributed by atoms with van der Waals surface area (Å²) in [6.45, 7) is 6.47. The molecule has 1 heterocycles. The number of nitrogens with zero attached hydrogens (tertiary/aromatic N) is 2. The first kappa shape index (κ1) is 19.2. The Bertz CT molecular complexity index is 719. The number of benzene rings is 2. The molecule has 1 saturated heterocycles. The standard InChI is InChI=1S/C23H28N2O2/c1-18(2)22(26)24-14-9-15-25(17-16-24)23(27)21(19-10-5-3-6-11-19)20-12-7-4-8-13-20/h3-8,10-13,18,21H,9,14-17H2,1-2H3. The molecular weight excluding hydrogens is 336 g/mol. The second-order valence-corrected chi connectivity index (χ2v) is 7.41. The number of amides is 2. The maximum absolute atomic E-state index is 13.5. The Morgan fingerprint density at radius 3 is 1.59 bits per heavy atom. The van der Waals surface area contributed by atoms with Crippen molar-refractivity contribution in [2.75, 3.05) is 26.2 Å². The molecule has 1 fully saturated rings. The molecule has 4 nitrogen and oxygen atoms in total. The third-order valence-electron chi connectivity index (χ3n) is 5.13. The number of hydrogen-bond acceptors (Lipinski definition) is 2. The van der Waals surface area contributed by atoms with Gasteiger partial charge in [-0.2, -0.15) is 0 Å². The van der Waals surface area contributed by atoms with Gasteiger partial charge in [-0.1, -0.05) is 74.5 Å². The van der Waals surface area contributed by atoms with E-state index < -0.39 is 0 Å². The molecule has 0 N–H and O–H groups in total. The molecule has 0 radical (unpaired) electrons. The van der Waals surface area contributed by atoms with Crippen LogP contribution in [0, 0.1) is 5.92 Å². The molecule has 0 aliphatic carbocycles. The first-order valence-corrected chi connectivity index (χ1v) is 9.75. The third-order valence-corrected chi connectivity index (χ3v) is 5.13. The fourth-order valence-corrected chi connectivity index (χ4v) is 3.67. The van der Waals surface area contributed by atoms with Gasteiger partial charge < -0.3 is 9.80 Å². The Morgan fingerprint density at radius 2 is 1.15 bits per heavy atom. The van der Waals surface area contributed by atoms with Gasteiger partial charge in [0.2, 0.25) is 11.8 Å². The summed E-state index contributed by atoms with van der Waals surface area (Å²) in [7, 11) is 0. The minimum Gasteiger partial charge on any atom is -0.341 e. The van der Waals surface area contributed by atoms with E-state index in [2.05, 4.69) is 0 Å². The van der Waals surface area contributed by atoms with Crippen LogP contribution in [-0.4, -0.2) is 47.8 Å². The fraction of sp³-hybridized carbons (Fsp3) is 0.391. The maximum Gasteiger partial charge on any atom is 0.234 e. The van der Waals surface area contributed by atoms with Crippen LogP contribution >= 0.6 is 0 Å². The Hall–Kier alpha value is -2.62. The van der Waals surface area contributed by atoms with Crippen LogP contribution in [0.4, 0.5) is 0 Å².